The largest absolute Gasteiger partial charge is 0.464 e. The van der Waals surface area contributed by atoms with Crippen LogP contribution in [0.3, 0.4) is 0 Å². The molecule has 0 rings (SSSR count). The quantitative estimate of drug-likeness (QED) is 0.525. The Morgan fingerprint density at radius 1 is 1.18 bits per heavy atom. The van der Waals surface area contributed by atoms with Crippen LogP contribution < -0.4 is 5.32 Å². The van der Waals surface area contributed by atoms with Gasteiger partial charge in [0.2, 0.25) is 5.91 Å². The van der Waals surface area contributed by atoms with Gasteiger partial charge >= 0.3 is 5.97 Å². The number of amides is 1. The lowest BCUT2D eigenvalue weighted by Crippen LogP contribution is -2.28. The van der Waals surface area contributed by atoms with Gasteiger partial charge in [-0.05, 0) is 12.3 Å². The standard InChI is InChI=1S/C13H25NO3/c1-10(2)6-5-7-12(15)14-8-9-17-13(16)11(3)4/h10-11H,5-9H2,1-4H3,(H,14,15). The van der Waals surface area contributed by atoms with Gasteiger partial charge in [-0.15, -0.1) is 0 Å². The summed E-state index contributed by atoms with van der Waals surface area (Å²) < 4.78 is 4.94. The molecule has 0 aromatic heterocycles. The van der Waals surface area contributed by atoms with Crippen LogP contribution in [0.2, 0.25) is 0 Å². The van der Waals surface area contributed by atoms with Crippen molar-refractivity contribution in [3.05, 3.63) is 0 Å². The fourth-order valence-electron chi connectivity index (χ4n) is 1.27. The molecule has 0 aliphatic heterocycles. The van der Waals surface area contributed by atoms with Crippen molar-refractivity contribution in [2.45, 2.75) is 47.0 Å². The number of hydrogen-bond donors (Lipinski definition) is 1. The molecule has 0 heterocycles. The molecule has 0 fully saturated rings. The Balaban J connectivity index is 3.42. The molecule has 1 amide bonds. The molecule has 0 bridgehead atoms. The number of rotatable bonds is 8. The summed E-state index contributed by atoms with van der Waals surface area (Å²) in [6.07, 6.45) is 2.53. The van der Waals surface area contributed by atoms with Crippen LogP contribution in [0.4, 0.5) is 0 Å². The van der Waals surface area contributed by atoms with Crippen LogP contribution in [0, 0.1) is 11.8 Å². The Kier molecular flexibility index (Phi) is 8.46. The minimum absolute atomic E-state index is 0.0336. The summed E-state index contributed by atoms with van der Waals surface area (Å²) in [5.41, 5.74) is 0. The molecule has 4 nitrogen and oxygen atoms in total. The van der Waals surface area contributed by atoms with Crippen molar-refractivity contribution >= 4 is 11.9 Å². The maximum absolute atomic E-state index is 11.4. The first-order valence-electron chi connectivity index (χ1n) is 6.36. The second kappa shape index (κ2) is 9.02. The van der Waals surface area contributed by atoms with E-state index in [4.69, 9.17) is 4.74 Å². The van der Waals surface area contributed by atoms with Crippen LogP contribution in [-0.2, 0) is 14.3 Å². The van der Waals surface area contributed by atoms with E-state index in [0.29, 0.717) is 18.9 Å². The van der Waals surface area contributed by atoms with Crippen molar-refractivity contribution in [1.29, 1.82) is 0 Å². The number of hydrogen-bond acceptors (Lipinski definition) is 3. The summed E-state index contributed by atoms with van der Waals surface area (Å²) in [5, 5.41) is 2.73. The van der Waals surface area contributed by atoms with Gasteiger partial charge in [-0.3, -0.25) is 9.59 Å². The van der Waals surface area contributed by atoms with Gasteiger partial charge in [-0.2, -0.15) is 0 Å². The molecule has 0 saturated heterocycles. The summed E-state index contributed by atoms with van der Waals surface area (Å²) >= 11 is 0. The first-order chi connectivity index (χ1) is 7.93. The average Bonchev–Trinajstić information content (AvgIpc) is 2.23. The van der Waals surface area contributed by atoms with E-state index in [0.717, 1.165) is 12.8 Å². The van der Waals surface area contributed by atoms with Gasteiger partial charge in [0.15, 0.2) is 0 Å². The molecule has 1 N–H and O–H groups in total. The third-order valence-corrected chi connectivity index (χ3v) is 2.33. The summed E-state index contributed by atoms with van der Waals surface area (Å²) in [6, 6.07) is 0. The molecule has 0 radical (unpaired) electrons. The van der Waals surface area contributed by atoms with Crippen molar-refractivity contribution in [3.63, 3.8) is 0 Å². The molecule has 0 spiro atoms. The molecule has 0 saturated carbocycles. The molecule has 0 aliphatic rings. The lowest BCUT2D eigenvalue weighted by molar-refractivity contribution is -0.147. The fourth-order valence-corrected chi connectivity index (χ4v) is 1.27. The average molecular weight is 243 g/mol. The zero-order chi connectivity index (χ0) is 13.3. The minimum atomic E-state index is -0.223. The summed E-state index contributed by atoms with van der Waals surface area (Å²) in [4.78, 5) is 22.5. The van der Waals surface area contributed by atoms with Crippen LogP contribution in [0.5, 0.6) is 0 Å². The SMILES string of the molecule is CC(C)CCCC(=O)NCCOC(=O)C(C)C. The lowest BCUT2D eigenvalue weighted by Gasteiger charge is -2.08. The van der Waals surface area contributed by atoms with Crippen LogP contribution in [0.15, 0.2) is 0 Å². The Morgan fingerprint density at radius 2 is 1.82 bits per heavy atom. The van der Waals surface area contributed by atoms with Crippen LogP contribution in [0.1, 0.15) is 47.0 Å². The van der Waals surface area contributed by atoms with Crippen molar-refractivity contribution in [1.82, 2.24) is 5.32 Å². The van der Waals surface area contributed by atoms with Gasteiger partial charge in [-0.25, -0.2) is 0 Å². The predicted octanol–water partition coefficient (Wildman–Crippen LogP) is 2.13. The maximum atomic E-state index is 11.4. The van der Waals surface area contributed by atoms with Gasteiger partial charge in [0.25, 0.3) is 0 Å². The van der Waals surface area contributed by atoms with Crippen molar-refractivity contribution < 1.29 is 14.3 Å². The highest BCUT2D eigenvalue weighted by atomic mass is 16.5. The van der Waals surface area contributed by atoms with Gasteiger partial charge in [0, 0.05) is 6.42 Å². The van der Waals surface area contributed by atoms with E-state index in [2.05, 4.69) is 19.2 Å². The smallest absolute Gasteiger partial charge is 0.308 e. The van der Waals surface area contributed by atoms with E-state index in [9.17, 15) is 9.59 Å². The van der Waals surface area contributed by atoms with E-state index < -0.39 is 0 Å². The van der Waals surface area contributed by atoms with E-state index >= 15 is 0 Å². The number of carbonyl (C=O) groups excluding carboxylic acids is 2. The number of carbonyl (C=O) groups is 2. The lowest BCUT2D eigenvalue weighted by atomic mass is 10.1. The first-order valence-corrected chi connectivity index (χ1v) is 6.36. The number of esters is 1. The number of ether oxygens (including phenoxy) is 1. The molecule has 100 valence electrons. The monoisotopic (exact) mass is 243 g/mol. The molecule has 0 atom stereocenters. The van der Waals surface area contributed by atoms with E-state index in [1.165, 1.54) is 0 Å². The molecular formula is C13H25NO3. The van der Waals surface area contributed by atoms with Crippen LogP contribution in [-0.4, -0.2) is 25.0 Å². The van der Waals surface area contributed by atoms with Gasteiger partial charge in [0.1, 0.15) is 6.61 Å². The van der Waals surface area contributed by atoms with E-state index in [1.807, 2.05) is 0 Å². The van der Waals surface area contributed by atoms with E-state index in [-0.39, 0.29) is 24.4 Å². The normalized spacial score (nSPS) is 10.7. The Morgan fingerprint density at radius 3 is 2.35 bits per heavy atom. The topological polar surface area (TPSA) is 55.4 Å². The highest BCUT2D eigenvalue weighted by Crippen LogP contribution is 2.05. The third-order valence-electron chi connectivity index (χ3n) is 2.33. The third kappa shape index (κ3) is 9.85. The van der Waals surface area contributed by atoms with Gasteiger partial charge < -0.3 is 10.1 Å². The molecule has 0 aromatic carbocycles. The molecule has 17 heavy (non-hydrogen) atoms. The van der Waals surface area contributed by atoms with Crippen molar-refractivity contribution in [2.75, 3.05) is 13.2 Å². The van der Waals surface area contributed by atoms with Gasteiger partial charge in [0.05, 0.1) is 12.5 Å². The van der Waals surface area contributed by atoms with Crippen LogP contribution in [0.25, 0.3) is 0 Å². The number of nitrogens with one attached hydrogen (secondary N) is 1. The zero-order valence-electron chi connectivity index (χ0n) is 11.4. The zero-order valence-corrected chi connectivity index (χ0v) is 11.4. The highest BCUT2D eigenvalue weighted by molar-refractivity contribution is 5.75. The first kappa shape index (κ1) is 15.9. The Labute approximate surface area is 104 Å². The second-order valence-corrected chi connectivity index (χ2v) is 4.96. The Bertz CT molecular complexity index is 237. The molecule has 4 heteroatoms. The predicted molar refractivity (Wildman–Crippen MR) is 67.5 cm³/mol. The molecule has 0 aliphatic carbocycles. The van der Waals surface area contributed by atoms with Crippen molar-refractivity contribution in [3.8, 4) is 0 Å². The summed E-state index contributed by atoms with van der Waals surface area (Å²) in [7, 11) is 0. The second-order valence-electron chi connectivity index (χ2n) is 4.96. The van der Waals surface area contributed by atoms with Crippen molar-refractivity contribution in [2.24, 2.45) is 11.8 Å². The van der Waals surface area contributed by atoms with E-state index in [1.54, 1.807) is 13.8 Å². The molecular weight excluding hydrogens is 218 g/mol. The van der Waals surface area contributed by atoms with Gasteiger partial charge in [-0.1, -0.05) is 34.1 Å². The maximum Gasteiger partial charge on any atom is 0.308 e. The summed E-state index contributed by atoms with van der Waals surface area (Å²) in [5.74, 6) is 0.330. The molecule has 0 aromatic rings. The fraction of sp³-hybridized carbons (Fsp3) is 0.846. The highest BCUT2D eigenvalue weighted by Gasteiger charge is 2.07. The molecule has 0 unspecified atom stereocenters. The summed E-state index contributed by atoms with van der Waals surface area (Å²) in [6.45, 7) is 8.51. The minimum Gasteiger partial charge on any atom is -0.464 e. The van der Waals surface area contributed by atoms with Crippen LogP contribution >= 0.6 is 0 Å². The Hall–Kier alpha value is -1.06.